The van der Waals surface area contributed by atoms with Crippen molar-refractivity contribution in [3.8, 4) is 0 Å². The second-order valence-corrected chi connectivity index (χ2v) is 6.10. The van der Waals surface area contributed by atoms with Crippen LogP contribution in [0.25, 0.3) is 10.9 Å². The number of amides is 1. The van der Waals surface area contributed by atoms with Crippen molar-refractivity contribution >= 4 is 16.8 Å². The fourth-order valence-corrected chi connectivity index (χ4v) is 2.98. The third-order valence-electron chi connectivity index (χ3n) is 4.31. The highest BCUT2D eigenvalue weighted by Crippen LogP contribution is 2.13. The van der Waals surface area contributed by atoms with Crippen LogP contribution in [0.1, 0.15) is 32.1 Å². The number of fused-ring (bicyclic) bond motifs is 1. The number of carbonyl (C=O) groups is 1. The average molecular weight is 355 g/mol. The average Bonchev–Trinajstić information content (AvgIpc) is 3.17. The molecule has 7 nitrogen and oxygen atoms in total. The number of nitrogens with one attached hydrogen (secondary N) is 1. The predicted octanol–water partition coefficient (Wildman–Crippen LogP) is 2.04. The fraction of sp³-hybridized carbons (Fsp3) is 0.316. The molecule has 1 amide bonds. The summed E-state index contributed by atoms with van der Waals surface area (Å²) in [5.74, 6) is 0.300. The van der Waals surface area contributed by atoms with E-state index in [4.69, 9.17) is 4.42 Å². The smallest absolute Gasteiger partial charge is 0.332 e. The maximum Gasteiger partial charge on any atom is 0.332 e. The molecular weight excluding hydrogens is 334 g/mol. The van der Waals surface area contributed by atoms with Crippen molar-refractivity contribution in [1.29, 1.82) is 0 Å². The van der Waals surface area contributed by atoms with E-state index < -0.39 is 11.7 Å². The van der Waals surface area contributed by atoms with Crippen LogP contribution in [-0.4, -0.2) is 15.0 Å². The minimum atomic E-state index is -0.772. The first-order valence-corrected chi connectivity index (χ1v) is 8.58. The van der Waals surface area contributed by atoms with Crippen molar-refractivity contribution in [2.75, 3.05) is 0 Å². The van der Waals surface area contributed by atoms with Gasteiger partial charge in [-0.2, -0.15) is 0 Å². The lowest BCUT2D eigenvalue weighted by atomic mass is 10.2. The van der Waals surface area contributed by atoms with Gasteiger partial charge in [-0.05, 0) is 37.6 Å². The molecule has 1 atom stereocenters. The first-order chi connectivity index (χ1) is 12.5. The highest BCUT2D eigenvalue weighted by atomic mass is 16.3. The normalized spacial score (nSPS) is 12.2. The molecule has 0 unspecified atom stereocenters. The monoisotopic (exact) mass is 355 g/mol. The lowest BCUT2D eigenvalue weighted by Gasteiger charge is -2.19. The maximum atomic E-state index is 12.9. The summed E-state index contributed by atoms with van der Waals surface area (Å²) in [5.41, 5.74) is -0.349. The van der Waals surface area contributed by atoms with Crippen molar-refractivity contribution < 1.29 is 9.21 Å². The van der Waals surface area contributed by atoms with E-state index in [0.29, 0.717) is 29.6 Å². The standard InChI is InChI=1S/C19H21N3O4/c1-3-10-21-18(24)15-8-4-5-9-16(15)22(19(21)25)13(2)17(23)20-12-14-7-6-11-26-14/h4-9,11,13H,3,10,12H2,1-2H3,(H,20,23)/t13-/m0/s1. The third kappa shape index (κ3) is 3.20. The van der Waals surface area contributed by atoms with Gasteiger partial charge in [0.15, 0.2) is 0 Å². The van der Waals surface area contributed by atoms with E-state index in [9.17, 15) is 14.4 Å². The Balaban J connectivity index is 2.03. The van der Waals surface area contributed by atoms with Crippen molar-refractivity contribution in [2.24, 2.45) is 0 Å². The van der Waals surface area contributed by atoms with Crippen LogP contribution in [0, 0.1) is 0 Å². The van der Waals surface area contributed by atoms with E-state index in [1.54, 1.807) is 43.3 Å². The number of hydrogen-bond acceptors (Lipinski definition) is 4. The van der Waals surface area contributed by atoms with Gasteiger partial charge in [0.25, 0.3) is 5.56 Å². The van der Waals surface area contributed by atoms with Gasteiger partial charge >= 0.3 is 5.69 Å². The van der Waals surface area contributed by atoms with Gasteiger partial charge < -0.3 is 9.73 Å². The van der Waals surface area contributed by atoms with Crippen LogP contribution in [-0.2, 0) is 17.9 Å². The third-order valence-corrected chi connectivity index (χ3v) is 4.31. The quantitative estimate of drug-likeness (QED) is 0.733. The number of aromatic nitrogens is 2. The SMILES string of the molecule is CCCn1c(=O)c2ccccc2n([C@@H](C)C(=O)NCc2ccco2)c1=O. The van der Waals surface area contributed by atoms with Crippen molar-refractivity contribution in [2.45, 2.75) is 39.4 Å². The molecule has 2 aromatic heterocycles. The number of rotatable bonds is 6. The summed E-state index contributed by atoms with van der Waals surface area (Å²) in [4.78, 5) is 38.1. The lowest BCUT2D eigenvalue weighted by Crippen LogP contribution is -2.44. The highest BCUT2D eigenvalue weighted by Gasteiger charge is 2.21. The molecule has 1 aromatic carbocycles. The van der Waals surface area contributed by atoms with Crippen LogP contribution < -0.4 is 16.6 Å². The molecule has 0 bridgehead atoms. The van der Waals surface area contributed by atoms with E-state index in [0.717, 1.165) is 0 Å². The topological polar surface area (TPSA) is 86.2 Å². The van der Waals surface area contributed by atoms with Gasteiger partial charge in [-0.25, -0.2) is 4.79 Å². The molecule has 2 heterocycles. The van der Waals surface area contributed by atoms with E-state index >= 15 is 0 Å². The molecule has 7 heteroatoms. The molecule has 0 spiro atoms. The molecule has 26 heavy (non-hydrogen) atoms. The Hall–Kier alpha value is -3.09. The van der Waals surface area contributed by atoms with Crippen LogP contribution in [0.3, 0.4) is 0 Å². The zero-order valence-corrected chi connectivity index (χ0v) is 14.8. The lowest BCUT2D eigenvalue weighted by molar-refractivity contribution is -0.124. The minimum Gasteiger partial charge on any atom is -0.467 e. The molecule has 0 aliphatic carbocycles. The zero-order chi connectivity index (χ0) is 18.7. The first-order valence-electron chi connectivity index (χ1n) is 8.58. The molecule has 1 N–H and O–H groups in total. The van der Waals surface area contributed by atoms with E-state index in [2.05, 4.69) is 5.32 Å². The van der Waals surface area contributed by atoms with Crippen molar-refractivity contribution in [3.05, 3.63) is 69.3 Å². The first kappa shape index (κ1) is 17.7. The van der Waals surface area contributed by atoms with Crippen LogP contribution in [0.2, 0.25) is 0 Å². The summed E-state index contributed by atoms with van der Waals surface area (Å²) in [6, 6.07) is 9.58. The highest BCUT2D eigenvalue weighted by molar-refractivity contribution is 5.84. The van der Waals surface area contributed by atoms with Gasteiger partial charge in [0, 0.05) is 6.54 Å². The second kappa shape index (κ2) is 7.43. The number of nitrogens with zero attached hydrogens (tertiary/aromatic N) is 2. The summed E-state index contributed by atoms with van der Waals surface area (Å²) in [6.07, 6.45) is 2.18. The molecule has 136 valence electrons. The number of benzene rings is 1. The molecule has 0 aliphatic rings. The largest absolute Gasteiger partial charge is 0.467 e. The molecule has 0 fully saturated rings. The van der Waals surface area contributed by atoms with Crippen LogP contribution >= 0.6 is 0 Å². The van der Waals surface area contributed by atoms with E-state index in [1.807, 2.05) is 6.92 Å². The molecule has 0 saturated carbocycles. The summed E-state index contributed by atoms with van der Waals surface area (Å²) in [7, 11) is 0. The maximum absolute atomic E-state index is 12.9. The Morgan fingerprint density at radius 1 is 1.19 bits per heavy atom. The molecule has 3 rings (SSSR count). The Bertz CT molecular complexity index is 1030. The van der Waals surface area contributed by atoms with Gasteiger partial charge in [-0.15, -0.1) is 0 Å². The Morgan fingerprint density at radius 2 is 1.96 bits per heavy atom. The molecular formula is C19H21N3O4. The van der Waals surface area contributed by atoms with Crippen LogP contribution in [0.5, 0.6) is 0 Å². The Morgan fingerprint density at radius 3 is 2.65 bits per heavy atom. The van der Waals surface area contributed by atoms with Crippen molar-refractivity contribution in [3.63, 3.8) is 0 Å². The molecule has 0 radical (unpaired) electrons. The summed E-state index contributed by atoms with van der Waals surface area (Å²) in [6.45, 7) is 4.08. The van der Waals surface area contributed by atoms with Crippen LogP contribution in [0.15, 0.2) is 56.7 Å². The predicted molar refractivity (Wildman–Crippen MR) is 98.0 cm³/mol. The minimum absolute atomic E-state index is 0.234. The van der Waals surface area contributed by atoms with Crippen LogP contribution in [0.4, 0.5) is 0 Å². The molecule has 0 saturated heterocycles. The number of furan rings is 1. The van der Waals surface area contributed by atoms with Gasteiger partial charge in [-0.1, -0.05) is 19.1 Å². The van der Waals surface area contributed by atoms with E-state index in [1.165, 1.54) is 15.4 Å². The Kier molecular flexibility index (Phi) is 5.06. The zero-order valence-electron chi connectivity index (χ0n) is 14.8. The van der Waals surface area contributed by atoms with Gasteiger partial charge in [0.05, 0.1) is 23.7 Å². The fourth-order valence-electron chi connectivity index (χ4n) is 2.98. The van der Waals surface area contributed by atoms with Gasteiger partial charge in [-0.3, -0.25) is 18.7 Å². The summed E-state index contributed by atoms with van der Waals surface area (Å²) in [5, 5.41) is 3.18. The van der Waals surface area contributed by atoms with Gasteiger partial charge in [0.2, 0.25) is 5.91 Å². The number of para-hydroxylation sites is 1. The second-order valence-electron chi connectivity index (χ2n) is 6.10. The Labute approximate surface area is 149 Å². The molecule has 3 aromatic rings. The van der Waals surface area contributed by atoms with Gasteiger partial charge in [0.1, 0.15) is 11.8 Å². The number of hydrogen-bond donors (Lipinski definition) is 1. The van der Waals surface area contributed by atoms with Crippen molar-refractivity contribution in [1.82, 2.24) is 14.5 Å². The summed E-state index contributed by atoms with van der Waals surface area (Å²) >= 11 is 0. The van der Waals surface area contributed by atoms with E-state index in [-0.39, 0.29) is 18.0 Å². The molecule has 0 aliphatic heterocycles. The summed E-state index contributed by atoms with van der Waals surface area (Å²) < 4.78 is 7.77. The number of carbonyl (C=O) groups excluding carboxylic acids is 1.